The molecular formula is C17H24N2O. The number of rotatable bonds is 6. The van der Waals surface area contributed by atoms with Gasteiger partial charge in [-0.05, 0) is 37.2 Å². The topological polar surface area (TPSA) is 41.1 Å². The highest BCUT2D eigenvalue weighted by molar-refractivity contribution is 5.74. The molecule has 2 N–H and O–H groups in total. The van der Waals surface area contributed by atoms with Crippen molar-refractivity contribution >= 4 is 6.03 Å². The van der Waals surface area contributed by atoms with Gasteiger partial charge in [-0.2, -0.15) is 0 Å². The lowest BCUT2D eigenvalue weighted by Crippen LogP contribution is -2.33. The number of urea groups is 1. The smallest absolute Gasteiger partial charge is 0.318 e. The van der Waals surface area contributed by atoms with Crippen LogP contribution in [0.4, 0.5) is 4.79 Å². The summed E-state index contributed by atoms with van der Waals surface area (Å²) >= 11 is 0. The highest BCUT2D eigenvalue weighted by Gasteiger charge is 2.10. The first kappa shape index (κ1) is 14.6. The van der Waals surface area contributed by atoms with Crippen LogP contribution < -0.4 is 10.6 Å². The summed E-state index contributed by atoms with van der Waals surface area (Å²) in [6.07, 6.45) is 11.0. The summed E-state index contributed by atoms with van der Waals surface area (Å²) in [6.45, 7) is 0.706. The van der Waals surface area contributed by atoms with Crippen LogP contribution in [0.15, 0.2) is 42.6 Å². The Bertz CT molecular complexity index is 422. The highest BCUT2D eigenvalue weighted by Crippen LogP contribution is 2.25. The molecule has 0 atom stereocenters. The largest absolute Gasteiger partial charge is 0.338 e. The number of nitrogens with one attached hydrogen (secondary N) is 2. The van der Waals surface area contributed by atoms with Gasteiger partial charge in [0.15, 0.2) is 0 Å². The fourth-order valence-electron chi connectivity index (χ4n) is 2.60. The average molecular weight is 272 g/mol. The molecule has 20 heavy (non-hydrogen) atoms. The number of amides is 2. The van der Waals surface area contributed by atoms with Crippen LogP contribution in [0, 0.1) is 5.92 Å². The van der Waals surface area contributed by atoms with Crippen molar-refractivity contribution in [2.75, 3.05) is 6.54 Å². The minimum absolute atomic E-state index is 0.104. The number of carbonyl (C=O) groups is 1. The predicted octanol–water partition coefficient (Wildman–Crippen LogP) is 3.62. The van der Waals surface area contributed by atoms with Crippen molar-refractivity contribution in [1.29, 1.82) is 0 Å². The first-order valence-corrected chi connectivity index (χ1v) is 7.59. The minimum atomic E-state index is -0.104. The van der Waals surface area contributed by atoms with Gasteiger partial charge in [0.25, 0.3) is 0 Å². The first-order chi connectivity index (χ1) is 9.84. The van der Waals surface area contributed by atoms with Gasteiger partial charge in [-0.1, -0.05) is 49.2 Å². The van der Waals surface area contributed by atoms with Gasteiger partial charge in [-0.15, -0.1) is 0 Å². The Hall–Kier alpha value is -1.77. The SMILES string of the molecule is O=C(N/C=C/C1CCCC1)NCCCc1ccccc1. The molecule has 1 aromatic rings. The zero-order valence-electron chi connectivity index (χ0n) is 12.0. The number of hydrogen-bond acceptors (Lipinski definition) is 1. The standard InChI is InChI=1S/C17H24N2O/c20-17(19-14-12-16-9-4-5-10-16)18-13-6-11-15-7-2-1-3-8-15/h1-3,7-8,12,14,16H,4-6,9-11,13H2,(H2,18,19,20)/b14-12+. The van der Waals surface area contributed by atoms with E-state index >= 15 is 0 Å². The van der Waals surface area contributed by atoms with E-state index in [0.29, 0.717) is 12.5 Å². The maximum atomic E-state index is 11.6. The summed E-state index contributed by atoms with van der Waals surface area (Å²) in [5.74, 6) is 0.661. The highest BCUT2D eigenvalue weighted by atomic mass is 16.2. The molecule has 3 nitrogen and oxygen atoms in total. The molecule has 0 unspecified atom stereocenters. The Kier molecular flexibility index (Phi) is 6.15. The molecule has 1 aliphatic carbocycles. The molecule has 2 rings (SSSR count). The second-order valence-corrected chi connectivity index (χ2v) is 5.39. The molecule has 2 amide bonds. The molecule has 1 aromatic carbocycles. The van der Waals surface area contributed by atoms with E-state index in [-0.39, 0.29) is 6.03 Å². The summed E-state index contributed by atoms with van der Waals surface area (Å²) in [4.78, 5) is 11.6. The normalized spacial score (nSPS) is 15.6. The van der Waals surface area contributed by atoms with Gasteiger partial charge in [0, 0.05) is 12.7 Å². The molecule has 0 spiro atoms. The van der Waals surface area contributed by atoms with Crippen LogP contribution in [0.3, 0.4) is 0 Å². The lowest BCUT2D eigenvalue weighted by atomic mass is 10.1. The van der Waals surface area contributed by atoms with Crippen molar-refractivity contribution < 1.29 is 4.79 Å². The number of hydrogen-bond donors (Lipinski definition) is 2. The number of aryl methyl sites for hydroxylation is 1. The van der Waals surface area contributed by atoms with Crippen LogP contribution in [0.1, 0.15) is 37.7 Å². The van der Waals surface area contributed by atoms with Crippen molar-refractivity contribution in [2.24, 2.45) is 5.92 Å². The quantitative estimate of drug-likeness (QED) is 0.763. The van der Waals surface area contributed by atoms with E-state index in [1.807, 2.05) is 18.2 Å². The second kappa shape index (κ2) is 8.41. The van der Waals surface area contributed by atoms with Gasteiger partial charge < -0.3 is 10.6 Å². The zero-order chi connectivity index (χ0) is 14.0. The van der Waals surface area contributed by atoms with E-state index in [0.717, 1.165) is 12.8 Å². The number of allylic oxidation sites excluding steroid dienone is 1. The molecule has 1 aliphatic rings. The summed E-state index contributed by atoms with van der Waals surface area (Å²) in [5, 5.41) is 5.65. The molecule has 0 saturated heterocycles. The van der Waals surface area contributed by atoms with Crippen LogP contribution in [0.5, 0.6) is 0 Å². The molecular weight excluding hydrogens is 248 g/mol. The molecule has 0 bridgehead atoms. The van der Waals surface area contributed by atoms with Gasteiger partial charge in [-0.3, -0.25) is 0 Å². The predicted molar refractivity (Wildman–Crippen MR) is 82.4 cm³/mol. The number of carbonyl (C=O) groups excluding carboxylic acids is 1. The average Bonchev–Trinajstić information content (AvgIpc) is 2.98. The summed E-state index contributed by atoms with van der Waals surface area (Å²) < 4.78 is 0. The molecule has 0 heterocycles. The van der Waals surface area contributed by atoms with E-state index < -0.39 is 0 Å². The van der Waals surface area contributed by atoms with E-state index in [2.05, 4.69) is 28.8 Å². The molecule has 0 aromatic heterocycles. The third-order valence-electron chi connectivity index (χ3n) is 3.75. The van der Waals surface area contributed by atoms with Crippen molar-refractivity contribution in [1.82, 2.24) is 10.6 Å². The monoisotopic (exact) mass is 272 g/mol. The molecule has 1 saturated carbocycles. The van der Waals surface area contributed by atoms with Gasteiger partial charge in [0.2, 0.25) is 0 Å². The fourth-order valence-corrected chi connectivity index (χ4v) is 2.60. The van der Waals surface area contributed by atoms with E-state index in [1.54, 1.807) is 6.20 Å². The van der Waals surface area contributed by atoms with Gasteiger partial charge in [0.05, 0.1) is 0 Å². The Balaban J connectivity index is 1.53. The van der Waals surface area contributed by atoms with Crippen LogP contribution in [-0.4, -0.2) is 12.6 Å². The van der Waals surface area contributed by atoms with Crippen molar-refractivity contribution in [3.8, 4) is 0 Å². The Morgan fingerprint density at radius 3 is 2.70 bits per heavy atom. The lowest BCUT2D eigenvalue weighted by molar-refractivity contribution is 0.244. The maximum Gasteiger partial charge on any atom is 0.318 e. The Labute approximate surface area is 121 Å². The minimum Gasteiger partial charge on any atom is -0.338 e. The molecule has 1 fully saturated rings. The molecule has 108 valence electrons. The van der Waals surface area contributed by atoms with Crippen LogP contribution in [0.2, 0.25) is 0 Å². The second-order valence-electron chi connectivity index (χ2n) is 5.39. The van der Waals surface area contributed by atoms with Gasteiger partial charge in [-0.25, -0.2) is 4.79 Å². The summed E-state index contributed by atoms with van der Waals surface area (Å²) in [6, 6.07) is 10.2. The molecule has 3 heteroatoms. The molecule has 0 aliphatic heterocycles. The van der Waals surface area contributed by atoms with E-state index in [1.165, 1.54) is 31.2 Å². The van der Waals surface area contributed by atoms with Crippen LogP contribution >= 0.6 is 0 Å². The van der Waals surface area contributed by atoms with Gasteiger partial charge in [0.1, 0.15) is 0 Å². The van der Waals surface area contributed by atoms with E-state index in [4.69, 9.17) is 0 Å². The summed E-state index contributed by atoms with van der Waals surface area (Å²) in [5.41, 5.74) is 1.32. The third-order valence-corrected chi connectivity index (χ3v) is 3.75. The van der Waals surface area contributed by atoms with Crippen molar-refractivity contribution in [2.45, 2.75) is 38.5 Å². The number of benzene rings is 1. The van der Waals surface area contributed by atoms with Crippen LogP contribution in [0.25, 0.3) is 0 Å². The first-order valence-electron chi connectivity index (χ1n) is 7.59. The Morgan fingerprint density at radius 1 is 1.20 bits per heavy atom. The molecule has 0 radical (unpaired) electrons. The third kappa shape index (κ3) is 5.47. The lowest BCUT2D eigenvalue weighted by Gasteiger charge is -2.05. The van der Waals surface area contributed by atoms with Crippen molar-refractivity contribution in [3.63, 3.8) is 0 Å². The van der Waals surface area contributed by atoms with E-state index in [9.17, 15) is 4.79 Å². The van der Waals surface area contributed by atoms with Gasteiger partial charge >= 0.3 is 6.03 Å². The fraction of sp³-hybridized carbons (Fsp3) is 0.471. The zero-order valence-corrected chi connectivity index (χ0v) is 12.0. The van der Waals surface area contributed by atoms with Crippen LogP contribution in [-0.2, 0) is 6.42 Å². The van der Waals surface area contributed by atoms with Crippen molar-refractivity contribution in [3.05, 3.63) is 48.2 Å². The Morgan fingerprint density at radius 2 is 1.95 bits per heavy atom. The maximum absolute atomic E-state index is 11.6. The summed E-state index contributed by atoms with van der Waals surface area (Å²) in [7, 11) is 0.